The maximum absolute atomic E-state index is 10.0. The molecular formula is C6H16N4O4S. The fraction of sp³-hybridized carbons (Fsp3) is 0.667. The minimum atomic E-state index is -2.61. The van der Waals surface area contributed by atoms with Crippen LogP contribution in [0.1, 0.15) is 12.8 Å². The summed E-state index contributed by atoms with van der Waals surface area (Å²) in [4.78, 5) is 13.8. The first-order valence-corrected chi connectivity index (χ1v) is 5.02. The van der Waals surface area contributed by atoms with Gasteiger partial charge in [0, 0.05) is 6.54 Å². The Morgan fingerprint density at radius 1 is 1.47 bits per heavy atom. The van der Waals surface area contributed by atoms with Crippen LogP contribution in [0, 0.1) is 0 Å². The molecular weight excluding hydrogens is 224 g/mol. The fourth-order valence-electron chi connectivity index (χ4n) is 0.603. The van der Waals surface area contributed by atoms with Gasteiger partial charge >= 0.3 is 0 Å². The quantitative estimate of drug-likeness (QED) is 0.125. The summed E-state index contributed by atoms with van der Waals surface area (Å²) in [6, 6.07) is -0.385. The molecule has 0 fully saturated rings. The summed E-state index contributed by atoms with van der Waals surface area (Å²) >= 11 is -2.61. The molecule has 0 rings (SSSR count). The molecule has 0 bridgehead atoms. The maximum Gasteiger partial charge on any atom is 0.299 e. The second kappa shape index (κ2) is 11.0. The molecule has 8 N–H and O–H groups in total. The summed E-state index contributed by atoms with van der Waals surface area (Å²) in [6.07, 6.45) is 2.08. The first-order chi connectivity index (χ1) is 6.90. The van der Waals surface area contributed by atoms with Crippen molar-refractivity contribution in [2.45, 2.75) is 18.9 Å². The van der Waals surface area contributed by atoms with Crippen molar-refractivity contribution in [2.24, 2.45) is 22.2 Å². The Hall–Kier alpha value is -1.03. The Labute approximate surface area is 90.0 Å². The van der Waals surface area contributed by atoms with Gasteiger partial charge in [-0.15, -0.1) is 0 Å². The number of guanidine groups is 1. The topological polar surface area (TPSA) is 165 Å². The van der Waals surface area contributed by atoms with Crippen molar-refractivity contribution >= 4 is 23.6 Å². The molecule has 0 unspecified atom stereocenters. The molecule has 0 spiro atoms. The van der Waals surface area contributed by atoms with E-state index in [1.807, 2.05) is 0 Å². The van der Waals surface area contributed by atoms with E-state index in [0.717, 1.165) is 12.7 Å². The van der Waals surface area contributed by atoms with Gasteiger partial charge in [0.25, 0.3) is 11.4 Å². The van der Waals surface area contributed by atoms with Crippen molar-refractivity contribution in [1.82, 2.24) is 0 Å². The van der Waals surface area contributed by atoms with Gasteiger partial charge in [0.05, 0.1) is 6.04 Å². The number of carbonyl (C=O) groups is 1. The van der Waals surface area contributed by atoms with Crippen molar-refractivity contribution in [3.63, 3.8) is 0 Å². The summed E-state index contributed by atoms with van der Waals surface area (Å²) in [5, 5.41) is 0. The Kier molecular flexibility index (Phi) is 12.1. The van der Waals surface area contributed by atoms with Gasteiger partial charge in [-0.2, -0.15) is 4.21 Å². The molecule has 0 aromatic heterocycles. The van der Waals surface area contributed by atoms with Gasteiger partial charge in [0.15, 0.2) is 5.96 Å². The number of nitrogens with zero attached hydrogens (tertiary/aromatic N) is 1. The Morgan fingerprint density at radius 2 is 1.93 bits per heavy atom. The van der Waals surface area contributed by atoms with Crippen LogP contribution in [-0.4, -0.2) is 38.1 Å². The number of hydrogen-bond acceptors (Lipinski definition) is 4. The van der Waals surface area contributed by atoms with Gasteiger partial charge in [-0.1, -0.05) is 0 Å². The lowest BCUT2D eigenvalue weighted by Gasteiger charge is -2.00. The van der Waals surface area contributed by atoms with Crippen LogP contribution in [0.2, 0.25) is 0 Å². The Morgan fingerprint density at radius 3 is 2.27 bits per heavy atom. The van der Waals surface area contributed by atoms with E-state index in [-0.39, 0.29) is 12.0 Å². The van der Waals surface area contributed by atoms with E-state index in [1.54, 1.807) is 0 Å². The lowest BCUT2D eigenvalue weighted by molar-refractivity contribution is -0.109. The normalized spacial score (nSPS) is 11.2. The van der Waals surface area contributed by atoms with Crippen molar-refractivity contribution in [3.05, 3.63) is 0 Å². The molecule has 1 atom stereocenters. The molecule has 0 aromatic carbocycles. The molecule has 0 radical (unpaired) electrons. The molecule has 9 heteroatoms. The average Bonchev–Trinajstić information content (AvgIpc) is 2.10. The standard InChI is InChI=1S/C6H14N4O.H2O3S/c7-5(4-11)2-1-3-10-6(8)9;1-4(2)3/h4-5H,1-3,7H2,(H4,8,9,10);(H2,1,2,3)/t5-;/m0./s1. The average molecular weight is 240 g/mol. The maximum atomic E-state index is 10.0. The van der Waals surface area contributed by atoms with Gasteiger partial charge < -0.3 is 22.0 Å². The first-order valence-electron chi connectivity index (χ1n) is 3.96. The van der Waals surface area contributed by atoms with E-state index in [1.165, 1.54) is 0 Å². The summed E-state index contributed by atoms with van der Waals surface area (Å²) in [7, 11) is 0. The molecule has 8 nitrogen and oxygen atoms in total. The summed E-state index contributed by atoms with van der Waals surface area (Å²) < 4.78 is 22.8. The van der Waals surface area contributed by atoms with Crippen LogP contribution in [0.5, 0.6) is 0 Å². The Balaban J connectivity index is 0. The number of hydrogen-bond donors (Lipinski definition) is 5. The van der Waals surface area contributed by atoms with E-state index in [0.29, 0.717) is 13.0 Å². The highest BCUT2D eigenvalue weighted by Crippen LogP contribution is 1.91. The van der Waals surface area contributed by atoms with Gasteiger partial charge in [0.1, 0.15) is 6.29 Å². The predicted molar refractivity (Wildman–Crippen MR) is 57.4 cm³/mol. The lowest BCUT2D eigenvalue weighted by Crippen LogP contribution is -2.24. The van der Waals surface area contributed by atoms with E-state index < -0.39 is 11.4 Å². The summed E-state index contributed by atoms with van der Waals surface area (Å²) in [5.41, 5.74) is 15.4. The SMILES string of the molecule is NC(N)=NCCC[C@H](N)C=O.O=S(O)O. The van der Waals surface area contributed by atoms with E-state index in [9.17, 15) is 4.79 Å². The smallest absolute Gasteiger partial charge is 0.299 e. The molecule has 0 aromatic rings. The van der Waals surface area contributed by atoms with Crippen LogP contribution in [0.25, 0.3) is 0 Å². The number of rotatable bonds is 5. The minimum Gasteiger partial charge on any atom is -0.370 e. The van der Waals surface area contributed by atoms with Crippen LogP contribution >= 0.6 is 0 Å². The van der Waals surface area contributed by atoms with Crippen LogP contribution < -0.4 is 17.2 Å². The largest absolute Gasteiger partial charge is 0.370 e. The van der Waals surface area contributed by atoms with Crippen molar-refractivity contribution in [2.75, 3.05) is 6.54 Å². The fourth-order valence-corrected chi connectivity index (χ4v) is 0.603. The van der Waals surface area contributed by atoms with Crippen molar-refractivity contribution in [1.29, 1.82) is 0 Å². The molecule has 0 saturated heterocycles. The van der Waals surface area contributed by atoms with Crippen molar-refractivity contribution in [3.8, 4) is 0 Å². The predicted octanol–water partition coefficient (Wildman–Crippen LogP) is -1.75. The van der Waals surface area contributed by atoms with Crippen LogP contribution in [0.4, 0.5) is 0 Å². The lowest BCUT2D eigenvalue weighted by atomic mass is 10.2. The summed E-state index contributed by atoms with van der Waals surface area (Å²) in [6.45, 7) is 0.532. The number of aliphatic imine (C=N–C) groups is 1. The van der Waals surface area contributed by atoms with E-state index in [4.69, 9.17) is 30.5 Å². The zero-order chi connectivity index (χ0) is 12.3. The summed E-state index contributed by atoms with van der Waals surface area (Å²) in [5.74, 6) is 0.0738. The van der Waals surface area contributed by atoms with E-state index in [2.05, 4.69) is 4.99 Å². The zero-order valence-corrected chi connectivity index (χ0v) is 8.89. The van der Waals surface area contributed by atoms with Crippen molar-refractivity contribution < 1.29 is 18.1 Å². The molecule has 0 amide bonds. The molecule has 0 aliphatic rings. The molecule has 15 heavy (non-hydrogen) atoms. The number of aldehydes is 1. The van der Waals surface area contributed by atoms with Gasteiger partial charge in [-0.25, -0.2) is 0 Å². The molecule has 90 valence electrons. The third kappa shape index (κ3) is 24.6. The third-order valence-corrected chi connectivity index (χ3v) is 1.16. The highest BCUT2D eigenvalue weighted by atomic mass is 32.2. The second-order valence-corrected chi connectivity index (χ2v) is 2.94. The monoisotopic (exact) mass is 240 g/mol. The van der Waals surface area contributed by atoms with Gasteiger partial charge in [-0.05, 0) is 12.8 Å². The molecule has 0 aliphatic carbocycles. The van der Waals surface area contributed by atoms with Crippen LogP contribution in [-0.2, 0) is 16.2 Å². The van der Waals surface area contributed by atoms with Gasteiger partial charge in [-0.3, -0.25) is 14.1 Å². The highest BCUT2D eigenvalue weighted by Gasteiger charge is 1.97. The second-order valence-electron chi connectivity index (χ2n) is 2.48. The zero-order valence-electron chi connectivity index (χ0n) is 8.07. The Bertz CT molecular complexity index is 215. The van der Waals surface area contributed by atoms with Crippen LogP contribution in [0.3, 0.4) is 0 Å². The first kappa shape index (κ1) is 16.4. The molecule has 0 saturated carbocycles. The number of nitrogens with two attached hydrogens (primary N) is 3. The molecule has 0 heterocycles. The number of carbonyl (C=O) groups excluding carboxylic acids is 1. The third-order valence-electron chi connectivity index (χ3n) is 1.16. The van der Waals surface area contributed by atoms with E-state index >= 15 is 0 Å². The van der Waals surface area contributed by atoms with Crippen LogP contribution in [0.15, 0.2) is 4.99 Å². The minimum absolute atomic E-state index is 0.0738. The highest BCUT2D eigenvalue weighted by molar-refractivity contribution is 7.73. The molecule has 0 aliphatic heterocycles. The van der Waals surface area contributed by atoms with Gasteiger partial charge in [0.2, 0.25) is 0 Å².